The summed E-state index contributed by atoms with van der Waals surface area (Å²) in [5.41, 5.74) is 8.21. The average Bonchev–Trinajstić information content (AvgIpc) is 2.82. The minimum absolute atomic E-state index is 0.00833. The Bertz CT molecular complexity index is 356. The fourth-order valence-electron chi connectivity index (χ4n) is 2.74. The number of rotatable bonds is 3. The lowest BCUT2D eigenvalue weighted by molar-refractivity contribution is 0.409. The van der Waals surface area contributed by atoms with Gasteiger partial charge in [-0.05, 0) is 30.7 Å². The van der Waals surface area contributed by atoms with Crippen molar-refractivity contribution in [3.05, 3.63) is 29.3 Å². The van der Waals surface area contributed by atoms with Crippen LogP contribution in [0, 0.1) is 5.92 Å². The second kappa shape index (κ2) is 4.88. The van der Waals surface area contributed by atoms with Crippen LogP contribution < -0.4 is 5.73 Å². The average molecular weight is 219 g/mol. The molecule has 3 N–H and O–H groups in total. The predicted molar refractivity (Wildman–Crippen MR) is 66.4 cm³/mol. The van der Waals surface area contributed by atoms with Crippen molar-refractivity contribution in [2.75, 3.05) is 0 Å². The van der Waals surface area contributed by atoms with Gasteiger partial charge in [-0.15, -0.1) is 0 Å². The van der Waals surface area contributed by atoms with Gasteiger partial charge in [0.1, 0.15) is 5.75 Å². The lowest BCUT2D eigenvalue weighted by atomic mass is 9.90. The van der Waals surface area contributed by atoms with Crippen LogP contribution in [0.2, 0.25) is 0 Å². The number of phenolic OH excluding ortho intramolecular Hbond substituents is 1. The summed E-state index contributed by atoms with van der Waals surface area (Å²) < 4.78 is 0. The Labute approximate surface area is 97.5 Å². The normalized spacial score (nSPS) is 18.9. The molecular weight excluding hydrogens is 198 g/mol. The van der Waals surface area contributed by atoms with Crippen molar-refractivity contribution in [3.63, 3.8) is 0 Å². The van der Waals surface area contributed by atoms with Crippen LogP contribution >= 0.6 is 0 Å². The third kappa shape index (κ3) is 2.07. The molecule has 0 spiro atoms. The Kier molecular flexibility index (Phi) is 3.49. The number of benzene rings is 1. The minimum Gasteiger partial charge on any atom is -0.507 e. The van der Waals surface area contributed by atoms with E-state index in [1.165, 1.54) is 25.7 Å². The van der Waals surface area contributed by atoms with Gasteiger partial charge in [0.25, 0.3) is 0 Å². The van der Waals surface area contributed by atoms with E-state index in [0.29, 0.717) is 11.7 Å². The van der Waals surface area contributed by atoms with Gasteiger partial charge >= 0.3 is 0 Å². The van der Waals surface area contributed by atoms with Crippen LogP contribution in [0.15, 0.2) is 18.2 Å². The number of hydrogen-bond acceptors (Lipinski definition) is 2. The predicted octanol–water partition coefficient (Wildman–Crippen LogP) is 3.14. The first-order chi connectivity index (χ1) is 7.74. The van der Waals surface area contributed by atoms with Crippen molar-refractivity contribution in [3.8, 4) is 5.75 Å². The molecule has 0 heterocycles. The van der Waals surface area contributed by atoms with E-state index in [1.54, 1.807) is 0 Å². The standard InChI is InChI=1S/C14H21NO/c1-2-10-8-5-9-12(14(10)16)13(15)11-6-3-4-7-11/h5,8-9,11,13,16H,2-4,6-7,15H2,1H3/t13-/m1/s1. The highest BCUT2D eigenvalue weighted by atomic mass is 16.3. The van der Waals surface area contributed by atoms with Crippen LogP contribution in [0.3, 0.4) is 0 Å². The Morgan fingerprint density at radius 3 is 2.69 bits per heavy atom. The van der Waals surface area contributed by atoms with Gasteiger partial charge in [-0.25, -0.2) is 0 Å². The molecule has 0 aromatic heterocycles. The molecule has 0 amide bonds. The highest BCUT2D eigenvalue weighted by Crippen LogP contribution is 2.38. The lowest BCUT2D eigenvalue weighted by Gasteiger charge is -2.21. The third-order valence-electron chi connectivity index (χ3n) is 3.80. The highest BCUT2D eigenvalue weighted by molar-refractivity contribution is 5.42. The van der Waals surface area contributed by atoms with E-state index >= 15 is 0 Å². The van der Waals surface area contributed by atoms with Crippen molar-refractivity contribution in [2.45, 2.75) is 45.1 Å². The van der Waals surface area contributed by atoms with Gasteiger partial charge in [0.15, 0.2) is 0 Å². The van der Waals surface area contributed by atoms with Crippen LogP contribution in [-0.4, -0.2) is 5.11 Å². The van der Waals surface area contributed by atoms with Crippen LogP contribution in [0.5, 0.6) is 5.75 Å². The van der Waals surface area contributed by atoms with Gasteiger partial charge in [0, 0.05) is 11.6 Å². The molecule has 1 aliphatic rings. The monoisotopic (exact) mass is 219 g/mol. The van der Waals surface area contributed by atoms with Gasteiger partial charge in [0.2, 0.25) is 0 Å². The molecular formula is C14H21NO. The van der Waals surface area contributed by atoms with Crippen LogP contribution in [0.25, 0.3) is 0 Å². The molecule has 2 heteroatoms. The summed E-state index contributed by atoms with van der Waals surface area (Å²) in [7, 11) is 0. The molecule has 0 aliphatic heterocycles. The molecule has 1 atom stereocenters. The van der Waals surface area contributed by atoms with Gasteiger partial charge in [-0.2, -0.15) is 0 Å². The number of aryl methyl sites for hydroxylation is 1. The van der Waals surface area contributed by atoms with Gasteiger partial charge in [-0.3, -0.25) is 0 Å². The summed E-state index contributed by atoms with van der Waals surface area (Å²) in [6.07, 6.45) is 5.84. The van der Waals surface area contributed by atoms with Crippen molar-refractivity contribution in [1.29, 1.82) is 0 Å². The number of hydrogen-bond donors (Lipinski definition) is 2. The quantitative estimate of drug-likeness (QED) is 0.820. The third-order valence-corrected chi connectivity index (χ3v) is 3.80. The molecule has 88 valence electrons. The molecule has 0 bridgehead atoms. The molecule has 0 saturated heterocycles. The zero-order valence-corrected chi connectivity index (χ0v) is 9.95. The number of aromatic hydroxyl groups is 1. The zero-order valence-electron chi connectivity index (χ0n) is 9.95. The lowest BCUT2D eigenvalue weighted by Crippen LogP contribution is -2.19. The second-order valence-corrected chi connectivity index (χ2v) is 4.78. The van der Waals surface area contributed by atoms with Crippen LogP contribution in [0.1, 0.15) is 49.8 Å². The Morgan fingerprint density at radius 2 is 2.06 bits per heavy atom. The molecule has 0 unspecified atom stereocenters. The molecule has 2 rings (SSSR count). The molecule has 1 aromatic carbocycles. The molecule has 1 fully saturated rings. The fraction of sp³-hybridized carbons (Fsp3) is 0.571. The molecule has 0 radical (unpaired) electrons. The number of para-hydroxylation sites is 1. The smallest absolute Gasteiger partial charge is 0.123 e. The first-order valence-corrected chi connectivity index (χ1v) is 6.30. The van der Waals surface area contributed by atoms with E-state index < -0.39 is 0 Å². The van der Waals surface area contributed by atoms with Crippen molar-refractivity contribution in [2.24, 2.45) is 11.7 Å². The van der Waals surface area contributed by atoms with E-state index in [1.807, 2.05) is 18.2 Å². The highest BCUT2D eigenvalue weighted by Gasteiger charge is 2.25. The van der Waals surface area contributed by atoms with E-state index in [9.17, 15) is 5.11 Å². The number of phenols is 1. The maximum atomic E-state index is 10.1. The van der Waals surface area contributed by atoms with Gasteiger partial charge in [0.05, 0.1) is 0 Å². The molecule has 16 heavy (non-hydrogen) atoms. The molecule has 1 saturated carbocycles. The van der Waals surface area contributed by atoms with Crippen LogP contribution in [-0.2, 0) is 6.42 Å². The Balaban J connectivity index is 2.25. The molecule has 1 aliphatic carbocycles. The SMILES string of the molecule is CCc1cccc([C@H](N)C2CCCC2)c1O. The van der Waals surface area contributed by atoms with Crippen molar-refractivity contribution >= 4 is 0 Å². The van der Waals surface area contributed by atoms with E-state index in [4.69, 9.17) is 5.73 Å². The summed E-state index contributed by atoms with van der Waals surface area (Å²) in [4.78, 5) is 0. The van der Waals surface area contributed by atoms with E-state index in [0.717, 1.165) is 17.5 Å². The molecule has 2 nitrogen and oxygen atoms in total. The summed E-state index contributed by atoms with van der Waals surface area (Å²) >= 11 is 0. The largest absolute Gasteiger partial charge is 0.507 e. The van der Waals surface area contributed by atoms with E-state index in [2.05, 4.69) is 6.92 Å². The van der Waals surface area contributed by atoms with Gasteiger partial charge < -0.3 is 10.8 Å². The van der Waals surface area contributed by atoms with Gasteiger partial charge in [-0.1, -0.05) is 38.0 Å². The first kappa shape index (κ1) is 11.5. The Hall–Kier alpha value is -1.02. The first-order valence-electron chi connectivity index (χ1n) is 6.30. The zero-order chi connectivity index (χ0) is 11.5. The Morgan fingerprint density at radius 1 is 1.38 bits per heavy atom. The fourth-order valence-corrected chi connectivity index (χ4v) is 2.74. The summed E-state index contributed by atoms with van der Waals surface area (Å²) in [6.45, 7) is 2.06. The van der Waals surface area contributed by atoms with Crippen molar-refractivity contribution in [1.82, 2.24) is 0 Å². The molecule has 1 aromatic rings. The summed E-state index contributed by atoms with van der Waals surface area (Å²) in [5.74, 6) is 0.974. The minimum atomic E-state index is 0.00833. The maximum Gasteiger partial charge on any atom is 0.123 e. The maximum absolute atomic E-state index is 10.1. The summed E-state index contributed by atoms with van der Waals surface area (Å²) in [6, 6.07) is 5.95. The van der Waals surface area contributed by atoms with Crippen molar-refractivity contribution < 1.29 is 5.11 Å². The second-order valence-electron chi connectivity index (χ2n) is 4.78. The van der Waals surface area contributed by atoms with Crippen LogP contribution in [0.4, 0.5) is 0 Å². The summed E-state index contributed by atoms with van der Waals surface area (Å²) in [5, 5.41) is 10.1. The number of nitrogens with two attached hydrogens (primary N) is 1. The topological polar surface area (TPSA) is 46.2 Å². The van der Waals surface area contributed by atoms with E-state index in [-0.39, 0.29) is 6.04 Å².